The average molecular weight is 331 g/mol. The summed E-state index contributed by atoms with van der Waals surface area (Å²) in [6.45, 7) is 2.20. The highest BCUT2D eigenvalue weighted by Crippen LogP contribution is 2.18. The number of carbonyl (C=O) groups is 1. The van der Waals surface area contributed by atoms with Gasteiger partial charge in [0.15, 0.2) is 5.82 Å². The highest BCUT2D eigenvalue weighted by atomic mass is 16.3. The molecule has 0 bridgehead atoms. The molecule has 2 N–H and O–H groups in total. The fraction of sp³-hybridized carbons (Fsp3) is 0.375. The van der Waals surface area contributed by atoms with Crippen LogP contribution in [0.5, 0.6) is 0 Å². The zero-order chi connectivity index (χ0) is 17.4. The summed E-state index contributed by atoms with van der Waals surface area (Å²) in [6, 6.07) is 4.92. The van der Waals surface area contributed by atoms with Crippen molar-refractivity contribution in [2.45, 2.75) is 6.92 Å². The van der Waals surface area contributed by atoms with Crippen LogP contribution in [-0.4, -0.2) is 68.9 Å². The highest BCUT2D eigenvalue weighted by Gasteiger charge is 2.22. The Morgan fingerprint density at radius 3 is 2.33 bits per heavy atom. The number of aromatic nitrogens is 3. The van der Waals surface area contributed by atoms with Crippen LogP contribution in [0.2, 0.25) is 0 Å². The van der Waals surface area contributed by atoms with E-state index in [0.29, 0.717) is 18.2 Å². The van der Waals surface area contributed by atoms with E-state index in [1.807, 2.05) is 6.92 Å². The van der Waals surface area contributed by atoms with Crippen molar-refractivity contribution < 1.29 is 15.0 Å². The summed E-state index contributed by atoms with van der Waals surface area (Å²) in [5.74, 6) is 0.960. The molecular weight excluding hydrogens is 310 g/mol. The van der Waals surface area contributed by atoms with E-state index in [4.69, 9.17) is 10.2 Å². The summed E-state index contributed by atoms with van der Waals surface area (Å²) < 4.78 is 0. The van der Waals surface area contributed by atoms with E-state index < -0.39 is 0 Å². The molecule has 0 saturated heterocycles. The van der Waals surface area contributed by atoms with Gasteiger partial charge in [0.2, 0.25) is 0 Å². The predicted octanol–water partition coefficient (Wildman–Crippen LogP) is 0.771. The molecule has 0 spiro atoms. The molecule has 0 aliphatic carbocycles. The number of nitrogens with zero attached hydrogens (tertiary/aromatic N) is 5. The fourth-order valence-electron chi connectivity index (χ4n) is 2.25. The first-order chi connectivity index (χ1) is 11.7. The second-order valence-electron chi connectivity index (χ2n) is 4.94. The van der Waals surface area contributed by atoms with Crippen molar-refractivity contribution in [2.24, 2.45) is 0 Å². The molecule has 2 aromatic heterocycles. The second-order valence-corrected chi connectivity index (χ2v) is 4.94. The minimum Gasteiger partial charge on any atom is -0.395 e. The summed E-state index contributed by atoms with van der Waals surface area (Å²) in [6.07, 6.45) is 4.90. The first kappa shape index (κ1) is 17.8. The smallest absolute Gasteiger partial charge is 0.325 e. The van der Waals surface area contributed by atoms with E-state index in [2.05, 4.69) is 15.0 Å². The lowest BCUT2D eigenvalue weighted by molar-refractivity contribution is 0.163. The molecule has 2 amide bonds. The first-order valence-electron chi connectivity index (χ1n) is 7.72. The van der Waals surface area contributed by atoms with Gasteiger partial charge in [0.25, 0.3) is 0 Å². The number of amides is 2. The van der Waals surface area contributed by atoms with Crippen molar-refractivity contribution in [3.63, 3.8) is 0 Å². The van der Waals surface area contributed by atoms with Crippen molar-refractivity contribution in [3.05, 3.63) is 36.8 Å². The molecule has 24 heavy (non-hydrogen) atoms. The van der Waals surface area contributed by atoms with E-state index in [1.165, 1.54) is 9.80 Å². The van der Waals surface area contributed by atoms with Crippen LogP contribution in [0.3, 0.4) is 0 Å². The van der Waals surface area contributed by atoms with E-state index in [1.54, 1.807) is 36.8 Å². The number of aliphatic hydroxyl groups is 2. The average Bonchev–Trinajstić information content (AvgIpc) is 2.63. The number of rotatable bonds is 7. The van der Waals surface area contributed by atoms with Gasteiger partial charge in [-0.05, 0) is 25.1 Å². The van der Waals surface area contributed by atoms with E-state index >= 15 is 0 Å². The summed E-state index contributed by atoms with van der Waals surface area (Å²) in [5, 5.41) is 18.2. The Hall–Kier alpha value is -2.58. The van der Waals surface area contributed by atoms with Gasteiger partial charge in [0, 0.05) is 43.8 Å². The van der Waals surface area contributed by atoms with Gasteiger partial charge < -0.3 is 15.1 Å². The van der Waals surface area contributed by atoms with Crippen molar-refractivity contribution in [2.75, 3.05) is 37.7 Å². The number of carbonyl (C=O) groups excluding carboxylic acids is 1. The second kappa shape index (κ2) is 8.90. The van der Waals surface area contributed by atoms with E-state index in [0.717, 1.165) is 5.56 Å². The Kier molecular flexibility index (Phi) is 6.59. The molecule has 8 heteroatoms. The number of pyridine rings is 1. The van der Waals surface area contributed by atoms with Gasteiger partial charge in [-0.1, -0.05) is 0 Å². The summed E-state index contributed by atoms with van der Waals surface area (Å²) >= 11 is 0. The predicted molar refractivity (Wildman–Crippen MR) is 89.4 cm³/mol. The normalized spacial score (nSPS) is 10.5. The fourth-order valence-corrected chi connectivity index (χ4v) is 2.25. The first-order valence-corrected chi connectivity index (χ1v) is 7.72. The minimum absolute atomic E-state index is 0.151. The van der Waals surface area contributed by atoms with Crippen molar-refractivity contribution in [1.29, 1.82) is 0 Å². The van der Waals surface area contributed by atoms with Crippen molar-refractivity contribution in [1.82, 2.24) is 19.9 Å². The molecule has 2 rings (SSSR count). The third-order valence-electron chi connectivity index (χ3n) is 3.41. The van der Waals surface area contributed by atoms with Crippen LogP contribution in [0.15, 0.2) is 36.8 Å². The van der Waals surface area contributed by atoms with Crippen LogP contribution in [0.25, 0.3) is 11.4 Å². The maximum atomic E-state index is 12.7. The summed E-state index contributed by atoms with van der Waals surface area (Å²) in [7, 11) is 0. The molecule has 2 heterocycles. The quantitative estimate of drug-likeness (QED) is 0.777. The van der Waals surface area contributed by atoms with Gasteiger partial charge in [-0.15, -0.1) is 0 Å². The Morgan fingerprint density at radius 2 is 1.75 bits per heavy atom. The maximum Gasteiger partial charge on any atom is 0.325 e. The van der Waals surface area contributed by atoms with Crippen LogP contribution in [0, 0.1) is 0 Å². The number of anilines is 1. The van der Waals surface area contributed by atoms with E-state index in [-0.39, 0.29) is 32.3 Å². The van der Waals surface area contributed by atoms with Crippen LogP contribution in [0.1, 0.15) is 6.92 Å². The molecule has 0 radical (unpaired) electrons. The zero-order valence-electron chi connectivity index (χ0n) is 13.5. The monoisotopic (exact) mass is 331 g/mol. The summed E-state index contributed by atoms with van der Waals surface area (Å²) in [4.78, 5) is 28.2. The van der Waals surface area contributed by atoms with Crippen LogP contribution >= 0.6 is 0 Å². The number of aliphatic hydroxyl groups excluding tert-OH is 2. The minimum atomic E-state index is -0.319. The molecule has 8 nitrogen and oxygen atoms in total. The van der Waals surface area contributed by atoms with Gasteiger partial charge in [-0.3, -0.25) is 9.88 Å². The van der Waals surface area contributed by atoms with Crippen molar-refractivity contribution in [3.8, 4) is 11.4 Å². The molecule has 0 aliphatic rings. The number of hydrogen-bond donors (Lipinski definition) is 2. The topological polar surface area (TPSA) is 103 Å². The largest absolute Gasteiger partial charge is 0.395 e. The standard InChI is InChI=1S/C16H21N5O3/c1-2-21(16(24)20(9-11-22)10-12-23)14-5-8-18-15(19-14)13-3-6-17-7-4-13/h3-8,22-23H,2,9-12H2,1H3. The molecule has 0 aliphatic heterocycles. The molecule has 2 aromatic rings. The lowest BCUT2D eigenvalue weighted by atomic mass is 10.2. The van der Waals surface area contributed by atoms with Crippen LogP contribution < -0.4 is 4.90 Å². The van der Waals surface area contributed by atoms with Crippen molar-refractivity contribution >= 4 is 11.8 Å². The van der Waals surface area contributed by atoms with Crippen LogP contribution in [0.4, 0.5) is 10.6 Å². The van der Waals surface area contributed by atoms with E-state index in [9.17, 15) is 4.79 Å². The molecule has 0 aromatic carbocycles. The molecule has 0 fully saturated rings. The lowest BCUT2D eigenvalue weighted by Crippen LogP contribution is -2.46. The Morgan fingerprint density at radius 1 is 1.08 bits per heavy atom. The summed E-state index contributed by atoms with van der Waals surface area (Å²) in [5.41, 5.74) is 0.804. The number of hydrogen-bond acceptors (Lipinski definition) is 6. The lowest BCUT2D eigenvalue weighted by Gasteiger charge is -2.28. The Balaban J connectivity index is 2.28. The zero-order valence-corrected chi connectivity index (χ0v) is 13.5. The third-order valence-corrected chi connectivity index (χ3v) is 3.41. The SMILES string of the molecule is CCN(C(=O)N(CCO)CCO)c1ccnc(-c2ccncc2)n1. The van der Waals surface area contributed by atoms with Gasteiger partial charge in [-0.2, -0.15) is 0 Å². The Bertz CT molecular complexity index is 647. The molecule has 128 valence electrons. The van der Waals surface area contributed by atoms with Gasteiger partial charge >= 0.3 is 6.03 Å². The molecule has 0 saturated carbocycles. The van der Waals surface area contributed by atoms with Crippen LogP contribution in [-0.2, 0) is 0 Å². The highest BCUT2D eigenvalue weighted by molar-refractivity contribution is 5.91. The van der Waals surface area contributed by atoms with Gasteiger partial charge in [-0.25, -0.2) is 14.8 Å². The molecule has 0 unspecified atom stereocenters. The third kappa shape index (κ3) is 4.24. The Labute approximate surface area is 140 Å². The van der Waals surface area contributed by atoms with Gasteiger partial charge in [0.05, 0.1) is 13.2 Å². The number of urea groups is 1. The molecule has 0 atom stereocenters. The molecular formula is C16H21N5O3. The van der Waals surface area contributed by atoms with Gasteiger partial charge in [0.1, 0.15) is 5.82 Å². The maximum absolute atomic E-state index is 12.7.